The van der Waals surface area contributed by atoms with Gasteiger partial charge in [0.15, 0.2) is 0 Å². The first-order chi connectivity index (χ1) is 6.76. The molecule has 0 bridgehead atoms. The number of ether oxygens (including phenoxy) is 1. The van der Waals surface area contributed by atoms with Crippen molar-refractivity contribution in [3.63, 3.8) is 0 Å². The van der Waals surface area contributed by atoms with Gasteiger partial charge in [0, 0.05) is 27.0 Å². The molecule has 4 heteroatoms. The third-order valence-corrected chi connectivity index (χ3v) is 3.38. The van der Waals surface area contributed by atoms with E-state index in [-0.39, 0.29) is 0 Å². The number of halogens is 1. The Labute approximate surface area is 91.2 Å². The zero-order valence-electron chi connectivity index (χ0n) is 7.71. The number of fused-ring (bicyclic) bond motifs is 1. The van der Waals surface area contributed by atoms with Gasteiger partial charge in [-0.25, -0.2) is 0 Å². The Morgan fingerprint density at radius 3 is 2.93 bits per heavy atom. The number of methoxy groups -OCH3 is 1. The maximum absolute atomic E-state index is 5.84. The number of nitrogens with two attached hydrogens (primary N) is 1. The predicted octanol–water partition coefficient (Wildman–Crippen LogP) is 3.23. The summed E-state index contributed by atoms with van der Waals surface area (Å²) in [6.07, 6.45) is 0. The summed E-state index contributed by atoms with van der Waals surface area (Å²) in [4.78, 5) is 0. The Morgan fingerprint density at radius 1 is 1.50 bits per heavy atom. The average molecular weight is 228 g/mol. The molecule has 0 unspecified atom stereocenters. The van der Waals surface area contributed by atoms with Crippen LogP contribution in [0.3, 0.4) is 0 Å². The van der Waals surface area contributed by atoms with Crippen molar-refractivity contribution < 1.29 is 4.74 Å². The van der Waals surface area contributed by atoms with Crippen molar-refractivity contribution in [1.29, 1.82) is 0 Å². The summed E-state index contributed by atoms with van der Waals surface area (Å²) in [7, 11) is 1.66. The van der Waals surface area contributed by atoms with Crippen molar-refractivity contribution in [2.24, 2.45) is 0 Å². The topological polar surface area (TPSA) is 35.2 Å². The second kappa shape index (κ2) is 3.67. The minimum Gasteiger partial charge on any atom is -0.495 e. The fourth-order valence-electron chi connectivity index (χ4n) is 1.38. The number of nitrogen functional groups attached to an aromatic ring is 1. The van der Waals surface area contributed by atoms with Crippen LogP contribution >= 0.6 is 22.9 Å². The molecule has 0 saturated heterocycles. The summed E-state index contributed by atoms with van der Waals surface area (Å²) in [5.74, 6) is 1.32. The van der Waals surface area contributed by atoms with Gasteiger partial charge in [0.05, 0.1) is 7.11 Å². The van der Waals surface area contributed by atoms with E-state index in [1.165, 1.54) is 0 Å². The fourth-order valence-corrected chi connectivity index (χ4v) is 2.57. The Balaban J connectivity index is 2.69. The van der Waals surface area contributed by atoms with E-state index in [4.69, 9.17) is 22.1 Å². The van der Waals surface area contributed by atoms with Gasteiger partial charge in [-0.1, -0.05) is 0 Å². The molecule has 2 rings (SSSR count). The molecule has 2 N–H and O–H groups in total. The average Bonchev–Trinajstić information content (AvgIpc) is 2.58. The first-order valence-corrected chi connectivity index (χ1v) is 5.57. The first-order valence-electron chi connectivity index (χ1n) is 4.16. The standard InChI is InChI=1S/C10H10ClNOS/c1-13-9-5-14-10-2-6(4-11)8(12)3-7(9)10/h2-3,5H,4,12H2,1H3. The predicted molar refractivity (Wildman–Crippen MR) is 62.3 cm³/mol. The number of benzene rings is 1. The van der Waals surface area contributed by atoms with Gasteiger partial charge in [0.1, 0.15) is 5.75 Å². The van der Waals surface area contributed by atoms with Crippen LogP contribution in [0.5, 0.6) is 5.75 Å². The van der Waals surface area contributed by atoms with E-state index in [1.54, 1.807) is 18.4 Å². The summed E-state index contributed by atoms with van der Waals surface area (Å²) in [5.41, 5.74) is 7.55. The maximum atomic E-state index is 5.84. The second-order valence-corrected chi connectivity index (χ2v) is 4.16. The largest absolute Gasteiger partial charge is 0.495 e. The molecule has 0 spiro atoms. The van der Waals surface area contributed by atoms with Crippen LogP contribution in [0, 0.1) is 0 Å². The number of anilines is 1. The lowest BCUT2D eigenvalue weighted by Gasteiger charge is -2.03. The Bertz CT molecular complexity index is 466. The van der Waals surface area contributed by atoms with E-state index >= 15 is 0 Å². The molecule has 1 aromatic heterocycles. The van der Waals surface area contributed by atoms with E-state index in [9.17, 15) is 0 Å². The van der Waals surface area contributed by atoms with Crippen LogP contribution in [0.4, 0.5) is 5.69 Å². The first kappa shape index (κ1) is 9.62. The van der Waals surface area contributed by atoms with E-state index in [0.717, 1.165) is 27.1 Å². The molecule has 0 radical (unpaired) electrons. The van der Waals surface area contributed by atoms with Crippen LogP contribution in [0.15, 0.2) is 17.5 Å². The molecule has 0 aliphatic rings. The highest BCUT2D eigenvalue weighted by Crippen LogP contribution is 2.35. The van der Waals surface area contributed by atoms with Crippen molar-refractivity contribution in [1.82, 2.24) is 0 Å². The van der Waals surface area contributed by atoms with Crippen LogP contribution in [-0.4, -0.2) is 7.11 Å². The SMILES string of the molecule is COc1csc2cc(CCl)c(N)cc12. The van der Waals surface area contributed by atoms with Crippen LogP contribution < -0.4 is 10.5 Å². The van der Waals surface area contributed by atoms with Gasteiger partial charge in [-0.3, -0.25) is 0 Å². The van der Waals surface area contributed by atoms with Gasteiger partial charge in [-0.2, -0.15) is 0 Å². The van der Waals surface area contributed by atoms with E-state index in [1.807, 2.05) is 17.5 Å². The van der Waals surface area contributed by atoms with Gasteiger partial charge in [0.2, 0.25) is 0 Å². The fraction of sp³-hybridized carbons (Fsp3) is 0.200. The molecule has 14 heavy (non-hydrogen) atoms. The van der Waals surface area contributed by atoms with Crippen molar-refractivity contribution in [3.8, 4) is 5.75 Å². The monoisotopic (exact) mass is 227 g/mol. The van der Waals surface area contributed by atoms with Crippen LogP contribution in [0.1, 0.15) is 5.56 Å². The normalized spacial score (nSPS) is 10.7. The molecule has 0 saturated carbocycles. The summed E-state index contributed by atoms with van der Waals surface area (Å²) >= 11 is 7.40. The molecule has 0 fully saturated rings. The lowest BCUT2D eigenvalue weighted by molar-refractivity contribution is 0.421. The molecule has 2 nitrogen and oxygen atoms in total. The van der Waals surface area contributed by atoms with Gasteiger partial charge in [-0.05, 0) is 17.7 Å². The van der Waals surface area contributed by atoms with Gasteiger partial charge < -0.3 is 10.5 Å². The van der Waals surface area contributed by atoms with Crippen molar-refractivity contribution in [2.45, 2.75) is 5.88 Å². The molecule has 74 valence electrons. The Morgan fingerprint density at radius 2 is 2.29 bits per heavy atom. The van der Waals surface area contributed by atoms with Gasteiger partial charge in [-0.15, -0.1) is 22.9 Å². The summed E-state index contributed by atoms with van der Waals surface area (Å²) in [5, 5.41) is 3.03. The summed E-state index contributed by atoms with van der Waals surface area (Å²) in [6.45, 7) is 0. The molecule has 0 amide bonds. The number of thiophene rings is 1. The molecular weight excluding hydrogens is 218 g/mol. The number of rotatable bonds is 2. The maximum Gasteiger partial charge on any atom is 0.137 e. The molecule has 0 aliphatic carbocycles. The van der Waals surface area contributed by atoms with E-state index in [2.05, 4.69) is 0 Å². The van der Waals surface area contributed by atoms with Crippen molar-refractivity contribution >= 4 is 38.7 Å². The minimum absolute atomic E-state index is 0.446. The molecule has 2 aromatic rings. The number of alkyl halides is 1. The van der Waals surface area contributed by atoms with E-state index in [0.29, 0.717) is 5.88 Å². The van der Waals surface area contributed by atoms with Crippen molar-refractivity contribution in [2.75, 3.05) is 12.8 Å². The highest BCUT2D eigenvalue weighted by molar-refractivity contribution is 7.17. The quantitative estimate of drug-likeness (QED) is 0.632. The molecule has 1 aromatic carbocycles. The third-order valence-electron chi connectivity index (χ3n) is 2.16. The number of hydrogen-bond donors (Lipinski definition) is 1. The molecule has 1 heterocycles. The zero-order valence-corrected chi connectivity index (χ0v) is 9.28. The van der Waals surface area contributed by atoms with Crippen molar-refractivity contribution in [3.05, 3.63) is 23.1 Å². The highest BCUT2D eigenvalue weighted by atomic mass is 35.5. The molecule has 0 atom stereocenters. The van der Waals surface area contributed by atoms with Crippen LogP contribution in [0.2, 0.25) is 0 Å². The van der Waals surface area contributed by atoms with E-state index < -0.39 is 0 Å². The van der Waals surface area contributed by atoms with Crippen LogP contribution in [-0.2, 0) is 5.88 Å². The lowest BCUT2D eigenvalue weighted by atomic mass is 10.1. The number of hydrogen-bond acceptors (Lipinski definition) is 3. The smallest absolute Gasteiger partial charge is 0.137 e. The lowest BCUT2D eigenvalue weighted by Crippen LogP contribution is -1.91. The van der Waals surface area contributed by atoms with Gasteiger partial charge in [0.25, 0.3) is 0 Å². The Kier molecular flexibility index (Phi) is 2.52. The molecular formula is C10H10ClNOS. The zero-order chi connectivity index (χ0) is 10.1. The Hall–Kier alpha value is -0.930. The third kappa shape index (κ3) is 1.42. The summed E-state index contributed by atoms with van der Waals surface area (Å²) in [6, 6.07) is 3.94. The molecule has 0 aliphatic heterocycles. The highest BCUT2D eigenvalue weighted by Gasteiger charge is 2.07. The summed E-state index contributed by atoms with van der Waals surface area (Å²) < 4.78 is 6.38. The second-order valence-electron chi connectivity index (χ2n) is 2.98. The minimum atomic E-state index is 0.446. The van der Waals surface area contributed by atoms with Crippen LogP contribution in [0.25, 0.3) is 10.1 Å². The van der Waals surface area contributed by atoms with Gasteiger partial charge >= 0.3 is 0 Å².